The fraction of sp³-hybridized carbons (Fsp3) is 0.350. The SMILES string of the molecule is Cc1cccc(OC2CCN(C(=O)c3cnc4sc(C)cn4c3=O)CC2)c1. The molecule has 6 nitrogen and oxygen atoms in total. The van der Waals surface area contributed by atoms with Gasteiger partial charge in [-0.25, -0.2) is 4.98 Å². The summed E-state index contributed by atoms with van der Waals surface area (Å²) in [6.07, 6.45) is 4.71. The van der Waals surface area contributed by atoms with Gasteiger partial charge in [-0.2, -0.15) is 0 Å². The minimum atomic E-state index is -0.299. The lowest BCUT2D eigenvalue weighted by Gasteiger charge is -2.32. The number of likely N-dealkylation sites (tertiary alicyclic amines) is 1. The van der Waals surface area contributed by atoms with E-state index in [-0.39, 0.29) is 23.1 Å². The predicted octanol–water partition coefficient (Wildman–Crippen LogP) is 3.06. The van der Waals surface area contributed by atoms with E-state index < -0.39 is 0 Å². The Morgan fingerprint density at radius 3 is 2.78 bits per heavy atom. The molecule has 3 heterocycles. The van der Waals surface area contributed by atoms with Gasteiger partial charge in [0.1, 0.15) is 17.4 Å². The van der Waals surface area contributed by atoms with Crippen LogP contribution in [-0.4, -0.2) is 39.4 Å². The van der Waals surface area contributed by atoms with Crippen LogP contribution in [0.2, 0.25) is 0 Å². The molecule has 7 heteroatoms. The zero-order valence-electron chi connectivity index (χ0n) is 15.3. The number of hydrogen-bond donors (Lipinski definition) is 0. The lowest BCUT2D eigenvalue weighted by Crippen LogP contribution is -2.43. The molecule has 0 spiro atoms. The topological polar surface area (TPSA) is 63.9 Å². The van der Waals surface area contributed by atoms with Gasteiger partial charge < -0.3 is 9.64 Å². The van der Waals surface area contributed by atoms with Crippen molar-refractivity contribution in [2.45, 2.75) is 32.8 Å². The molecule has 0 bridgehead atoms. The molecule has 140 valence electrons. The second kappa shape index (κ2) is 7.15. The van der Waals surface area contributed by atoms with Gasteiger partial charge in [0.25, 0.3) is 11.5 Å². The molecule has 2 aromatic heterocycles. The van der Waals surface area contributed by atoms with Gasteiger partial charge in [0, 0.05) is 43.2 Å². The average molecular weight is 383 g/mol. The number of thiazole rings is 1. The van der Waals surface area contributed by atoms with E-state index in [9.17, 15) is 9.59 Å². The number of fused-ring (bicyclic) bond motifs is 1. The fourth-order valence-corrected chi connectivity index (χ4v) is 4.16. The van der Waals surface area contributed by atoms with Crippen molar-refractivity contribution in [1.82, 2.24) is 14.3 Å². The van der Waals surface area contributed by atoms with Gasteiger partial charge in [-0.3, -0.25) is 14.0 Å². The summed E-state index contributed by atoms with van der Waals surface area (Å²) >= 11 is 1.43. The molecule has 0 atom stereocenters. The van der Waals surface area contributed by atoms with E-state index in [1.54, 1.807) is 11.1 Å². The number of rotatable bonds is 3. The van der Waals surface area contributed by atoms with Gasteiger partial charge in [0.05, 0.1) is 0 Å². The van der Waals surface area contributed by atoms with E-state index in [0.717, 1.165) is 29.0 Å². The van der Waals surface area contributed by atoms with Crippen molar-refractivity contribution in [1.29, 1.82) is 0 Å². The van der Waals surface area contributed by atoms with Crippen LogP contribution in [0, 0.1) is 13.8 Å². The zero-order chi connectivity index (χ0) is 19.0. The molecule has 1 fully saturated rings. The Hall–Kier alpha value is -2.67. The summed E-state index contributed by atoms with van der Waals surface area (Å²) in [5, 5.41) is 0. The summed E-state index contributed by atoms with van der Waals surface area (Å²) in [6.45, 7) is 5.09. The van der Waals surface area contributed by atoms with Crippen LogP contribution in [0.15, 0.2) is 41.5 Å². The third-order valence-corrected chi connectivity index (χ3v) is 5.69. The second-order valence-corrected chi connectivity index (χ2v) is 8.11. The lowest BCUT2D eigenvalue weighted by molar-refractivity contribution is 0.0593. The van der Waals surface area contributed by atoms with Crippen LogP contribution in [0.3, 0.4) is 0 Å². The third-order valence-electron chi connectivity index (χ3n) is 4.77. The van der Waals surface area contributed by atoms with E-state index >= 15 is 0 Å². The van der Waals surface area contributed by atoms with Crippen molar-refractivity contribution in [3.05, 3.63) is 63.0 Å². The Morgan fingerprint density at radius 1 is 1.26 bits per heavy atom. The Kier molecular flexibility index (Phi) is 4.70. The quantitative estimate of drug-likeness (QED) is 0.697. The second-order valence-electron chi connectivity index (χ2n) is 6.90. The molecule has 1 aliphatic rings. The highest BCUT2D eigenvalue weighted by Gasteiger charge is 2.27. The fourth-order valence-electron chi connectivity index (χ4n) is 3.37. The van der Waals surface area contributed by atoms with Gasteiger partial charge in [0.2, 0.25) is 0 Å². The number of benzene rings is 1. The molecule has 0 saturated carbocycles. The van der Waals surface area contributed by atoms with E-state index in [0.29, 0.717) is 18.1 Å². The van der Waals surface area contributed by atoms with Crippen molar-refractivity contribution in [2.75, 3.05) is 13.1 Å². The van der Waals surface area contributed by atoms with Gasteiger partial charge >= 0.3 is 0 Å². The highest BCUT2D eigenvalue weighted by atomic mass is 32.1. The van der Waals surface area contributed by atoms with E-state index in [2.05, 4.69) is 4.98 Å². The number of carbonyl (C=O) groups excluding carboxylic acids is 1. The molecule has 1 saturated heterocycles. The molecule has 1 aromatic carbocycles. The summed E-state index contributed by atoms with van der Waals surface area (Å²) < 4.78 is 7.50. The highest BCUT2D eigenvalue weighted by Crippen LogP contribution is 2.21. The number of piperidine rings is 1. The van der Waals surface area contributed by atoms with Gasteiger partial charge in [0.15, 0.2) is 4.96 Å². The van der Waals surface area contributed by atoms with E-state index in [1.807, 2.05) is 38.1 Å². The maximum absolute atomic E-state index is 12.8. The number of aromatic nitrogens is 2. The Morgan fingerprint density at radius 2 is 2.04 bits per heavy atom. The first kappa shape index (κ1) is 17.7. The van der Waals surface area contributed by atoms with Crippen LogP contribution in [0.4, 0.5) is 0 Å². The maximum atomic E-state index is 12.8. The third kappa shape index (κ3) is 3.60. The molecule has 0 N–H and O–H groups in total. The first-order valence-corrected chi connectivity index (χ1v) is 9.83. The summed E-state index contributed by atoms with van der Waals surface area (Å²) in [5.74, 6) is 0.611. The summed E-state index contributed by atoms with van der Waals surface area (Å²) in [7, 11) is 0. The van der Waals surface area contributed by atoms with Gasteiger partial charge in [-0.15, -0.1) is 11.3 Å². The van der Waals surface area contributed by atoms with Crippen LogP contribution in [0.25, 0.3) is 4.96 Å². The Labute approximate surface area is 161 Å². The van der Waals surface area contributed by atoms with Gasteiger partial charge in [-0.1, -0.05) is 12.1 Å². The van der Waals surface area contributed by atoms with Crippen molar-refractivity contribution in [2.24, 2.45) is 0 Å². The molecule has 0 aliphatic carbocycles. The first-order chi connectivity index (χ1) is 13.0. The monoisotopic (exact) mass is 383 g/mol. The number of aryl methyl sites for hydroxylation is 2. The van der Waals surface area contributed by atoms with Crippen LogP contribution in [-0.2, 0) is 0 Å². The maximum Gasteiger partial charge on any atom is 0.271 e. The number of ether oxygens (including phenoxy) is 1. The van der Waals surface area contributed by atoms with Crippen molar-refractivity contribution >= 4 is 22.2 Å². The molecular formula is C20H21N3O3S. The smallest absolute Gasteiger partial charge is 0.271 e. The molecule has 0 radical (unpaired) electrons. The van der Waals surface area contributed by atoms with E-state index in [1.165, 1.54) is 21.9 Å². The molecular weight excluding hydrogens is 362 g/mol. The molecule has 1 amide bonds. The normalized spacial score (nSPS) is 15.3. The van der Waals surface area contributed by atoms with Gasteiger partial charge in [-0.05, 0) is 31.5 Å². The molecule has 27 heavy (non-hydrogen) atoms. The predicted molar refractivity (Wildman–Crippen MR) is 105 cm³/mol. The van der Waals surface area contributed by atoms with Crippen LogP contribution >= 0.6 is 11.3 Å². The number of carbonyl (C=O) groups is 1. The Balaban J connectivity index is 1.44. The number of nitrogens with zero attached hydrogens (tertiary/aromatic N) is 3. The molecule has 3 aromatic rings. The minimum Gasteiger partial charge on any atom is -0.490 e. The number of hydrogen-bond acceptors (Lipinski definition) is 5. The summed E-state index contributed by atoms with van der Waals surface area (Å²) in [5.41, 5.74) is 0.989. The molecule has 1 aliphatic heterocycles. The summed E-state index contributed by atoms with van der Waals surface area (Å²) in [4.78, 5) is 33.0. The average Bonchev–Trinajstić information content (AvgIpc) is 3.04. The van der Waals surface area contributed by atoms with Crippen LogP contribution in [0.1, 0.15) is 33.6 Å². The zero-order valence-corrected chi connectivity index (χ0v) is 16.2. The molecule has 4 rings (SSSR count). The number of amides is 1. The summed E-state index contributed by atoms with van der Waals surface area (Å²) in [6, 6.07) is 7.98. The molecule has 0 unspecified atom stereocenters. The first-order valence-electron chi connectivity index (χ1n) is 9.01. The van der Waals surface area contributed by atoms with Crippen molar-refractivity contribution in [3.63, 3.8) is 0 Å². The van der Waals surface area contributed by atoms with Crippen molar-refractivity contribution in [3.8, 4) is 5.75 Å². The van der Waals surface area contributed by atoms with Crippen LogP contribution < -0.4 is 10.3 Å². The Bertz CT molecular complexity index is 1050. The van der Waals surface area contributed by atoms with Crippen LogP contribution in [0.5, 0.6) is 5.75 Å². The lowest BCUT2D eigenvalue weighted by atomic mass is 10.1. The highest BCUT2D eigenvalue weighted by molar-refractivity contribution is 7.16. The standard InChI is InChI=1S/C20H21N3O3S/c1-13-4-3-5-16(10-13)26-15-6-8-22(9-7-15)18(24)17-11-21-20-23(19(17)25)12-14(2)27-20/h3-5,10-12,15H,6-9H2,1-2H3. The van der Waals surface area contributed by atoms with E-state index in [4.69, 9.17) is 4.74 Å². The minimum absolute atomic E-state index is 0.0806. The van der Waals surface area contributed by atoms with Crippen molar-refractivity contribution < 1.29 is 9.53 Å². The largest absolute Gasteiger partial charge is 0.490 e.